The zero-order chi connectivity index (χ0) is 8.27. The highest BCUT2D eigenvalue weighted by Gasteiger charge is 2.09. The molecule has 0 aromatic carbocycles. The summed E-state index contributed by atoms with van der Waals surface area (Å²) in [5.74, 6) is -0.323. The van der Waals surface area contributed by atoms with Crippen LogP contribution >= 0.6 is 11.6 Å². The number of nitrogens with one attached hydrogen (secondary N) is 1. The second-order valence-corrected chi connectivity index (χ2v) is 2.20. The predicted molar refractivity (Wildman–Crippen MR) is 40.6 cm³/mol. The summed E-state index contributed by atoms with van der Waals surface area (Å²) in [7, 11) is 0. The lowest BCUT2D eigenvalue weighted by molar-refractivity contribution is 0.102. The molecule has 0 spiro atoms. The van der Waals surface area contributed by atoms with Crippen LogP contribution in [0.1, 0.15) is 16.1 Å². The Labute approximate surface area is 68.6 Å². The van der Waals surface area contributed by atoms with Crippen molar-refractivity contribution in [2.24, 2.45) is 0 Å². The Kier molecular flexibility index (Phi) is 2.29. The number of alkyl halides is 1. The summed E-state index contributed by atoms with van der Waals surface area (Å²) in [6, 6.07) is 3.40. The van der Waals surface area contributed by atoms with Crippen molar-refractivity contribution in [2.75, 3.05) is 5.88 Å². The van der Waals surface area contributed by atoms with Gasteiger partial charge in [0.25, 0.3) is 0 Å². The zero-order valence-electron chi connectivity index (χ0n) is 5.60. The maximum absolute atomic E-state index is 11.0. The fraction of sp³-hybridized carbons (Fsp3) is 0.143. The van der Waals surface area contributed by atoms with E-state index >= 15 is 0 Å². The topological polar surface area (TPSA) is 56.6 Å². The first-order valence-electron chi connectivity index (χ1n) is 2.96. The fourth-order valence-electron chi connectivity index (χ4n) is 0.766. The maximum atomic E-state index is 11.0. The third-order valence-electron chi connectivity index (χ3n) is 1.28. The molecule has 0 aliphatic rings. The lowest BCUT2D eigenvalue weighted by Gasteiger charge is -1.89. The molecule has 3 nitrogen and oxygen atoms in total. The summed E-state index contributed by atoms with van der Waals surface area (Å²) >= 11 is 5.30. The molecule has 1 heterocycles. The van der Waals surface area contributed by atoms with Crippen LogP contribution in [0, 0.1) is 11.3 Å². The molecule has 11 heavy (non-hydrogen) atoms. The van der Waals surface area contributed by atoms with Crippen molar-refractivity contribution in [3.8, 4) is 6.07 Å². The fourth-order valence-corrected chi connectivity index (χ4v) is 0.910. The van der Waals surface area contributed by atoms with Gasteiger partial charge in [-0.15, -0.1) is 11.6 Å². The molecule has 0 bridgehead atoms. The molecule has 0 amide bonds. The van der Waals surface area contributed by atoms with Crippen LogP contribution in [0.5, 0.6) is 0 Å². The summed E-state index contributed by atoms with van der Waals surface area (Å²) in [6.07, 6.45) is 1.54. The number of Topliss-reactive ketones (excluding diaryl/α,β-unsaturated/α-hetero) is 1. The summed E-state index contributed by atoms with van der Waals surface area (Å²) in [5.41, 5.74) is 0.637. The van der Waals surface area contributed by atoms with Gasteiger partial charge in [0.05, 0.1) is 11.4 Å². The van der Waals surface area contributed by atoms with E-state index in [4.69, 9.17) is 16.9 Å². The first-order chi connectivity index (χ1) is 5.29. The quantitative estimate of drug-likeness (QED) is 0.535. The van der Waals surface area contributed by atoms with Gasteiger partial charge in [0.1, 0.15) is 11.8 Å². The number of ketones is 1. The number of nitrogens with zero attached hydrogens (tertiary/aromatic N) is 1. The van der Waals surface area contributed by atoms with Crippen LogP contribution in [0.2, 0.25) is 0 Å². The SMILES string of the molecule is N#Cc1[nH]ccc1C(=O)CCl. The molecule has 0 saturated carbocycles. The van der Waals surface area contributed by atoms with Crippen LogP contribution in [0.25, 0.3) is 0 Å². The van der Waals surface area contributed by atoms with Gasteiger partial charge < -0.3 is 4.98 Å². The van der Waals surface area contributed by atoms with E-state index in [0.717, 1.165) is 0 Å². The minimum absolute atomic E-state index is 0.0907. The van der Waals surface area contributed by atoms with Crippen LogP contribution in [0.4, 0.5) is 0 Å². The van der Waals surface area contributed by atoms with E-state index in [1.807, 2.05) is 6.07 Å². The molecule has 56 valence electrons. The van der Waals surface area contributed by atoms with Crippen molar-refractivity contribution in [1.82, 2.24) is 4.98 Å². The van der Waals surface area contributed by atoms with E-state index in [-0.39, 0.29) is 17.4 Å². The molecule has 4 heteroatoms. The number of halogens is 1. The number of aromatic amines is 1. The normalized spacial score (nSPS) is 9.09. The molecular formula is C7H5ClN2O. The van der Waals surface area contributed by atoms with E-state index in [1.54, 1.807) is 12.3 Å². The average molecular weight is 169 g/mol. The van der Waals surface area contributed by atoms with Gasteiger partial charge in [-0.05, 0) is 6.07 Å². The molecule has 0 fully saturated rings. The van der Waals surface area contributed by atoms with Gasteiger partial charge in [0.2, 0.25) is 0 Å². The number of rotatable bonds is 2. The summed E-state index contributed by atoms with van der Waals surface area (Å²) in [4.78, 5) is 13.6. The van der Waals surface area contributed by atoms with Gasteiger partial charge in [-0.3, -0.25) is 4.79 Å². The van der Waals surface area contributed by atoms with E-state index in [1.165, 1.54) is 0 Å². The summed E-state index contributed by atoms with van der Waals surface area (Å²) in [6.45, 7) is 0. The minimum Gasteiger partial charge on any atom is -0.353 e. The monoisotopic (exact) mass is 168 g/mol. The highest BCUT2D eigenvalue weighted by Crippen LogP contribution is 2.06. The van der Waals surface area contributed by atoms with Gasteiger partial charge in [-0.1, -0.05) is 0 Å². The van der Waals surface area contributed by atoms with E-state index in [9.17, 15) is 4.79 Å². The minimum atomic E-state index is -0.232. The Morgan fingerprint density at radius 2 is 2.55 bits per heavy atom. The van der Waals surface area contributed by atoms with Crippen molar-refractivity contribution < 1.29 is 4.79 Å². The van der Waals surface area contributed by atoms with Crippen molar-refractivity contribution in [3.63, 3.8) is 0 Å². The van der Waals surface area contributed by atoms with Crippen molar-refractivity contribution in [3.05, 3.63) is 23.5 Å². The van der Waals surface area contributed by atoms with Gasteiger partial charge in [-0.2, -0.15) is 5.26 Å². The summed E-state index contributed by atoms with van der Waals surface area (Å²) < 4.78 is 0. The number of hydrogen-bond donors (Lipinski definition) is 1. The second-order valence-electron chi connectivity index (χ2n) is 1.93. The lowest BCUT2D eigenvalue weighted by atomic mass is 10.2. The molecule has 0 unspecified atom stereocenters. The molecule has 0 aliphatic heterocycles. The van der Waals surface area contributed by atoms with Crippen LogP contribution in [-0.2, 0) is 0 Å². The van der Waals surface area contributed by atoms with Gasteiger partial charge in [-0.25, -0.2) is 0 Å². The number of carbonyl (C=O) groups excluding carboxylic acids is 1. The Balaban J connectivity index is 3.05. The van der Waals surface area contributed by atoms with Crippen LogP contribution in [-0.4, -0.2) is 16.6 Å². The van der Waals surface area contributed by atoms with Crippen molar-refractivity contribution in [2.45, 2.75) is 0 Å². The Bertz CT molecular complexity index is 310. The van der Waals surface area contributed by atoms with Crippen LogP contribution < -0.4 is 0 Å². The van der Waals surface area contributed by atoms with Gasteiger partial charge in [0.15, 0.2) is 5.78 Å². The third kappa shape index (κ3) is 1.41. The van der Waals surface area contributed by atoms with E-state index in [2.05, 4.69) is 4.98 Å². The van der Waals surface area contributed by atoms with Crippen molar-refractivity contribution >= 4 is 17.4 Å². The number of H-pyrrole nitrogens is 1. The number of aromatic nitrogens is 1. The number of carbonyl (C=O) groups is 1. The Morgan fingerprint density at radius 1 is 1.82 bits per heavy atom. The molecule has 1 N–H and O–H groups in total. The molecule has 0 radical (unpaired) electrons. The Morgan fingerprint density at radius 3 is 3.09 bits per heavy atom. The Hall–Kier alpha value is -1.27. The average Bonchev–Trinajstić information content (AvgIpc) is 2.50. The molecule has 0 atom stereocenters. The number of hydrogen-bond acceptors (Lipinski definition) is 2. The standard InChI is InChI=1S/C7H5ClN2O/c8-3-7(11)5-1-2-10-6(5)4-9/h1-2,10H,3H2. The molecule has 1 rings (SSSR count). The highest BCUT2D eigenvalue weighted by atomic mass is 35.5. The van der Waals surface area contributed by atoms with E-state index in [0.29, 0.717) is 5.56 Å². The second kappa shape index (κ2) is 3.22. The molecule has 0 aliphatic carbocycles. The number of nitriles is 1. The van der Waals surface area contributed by atoms with E-state index < -0.39 is 0 Å². The van der Waals surface area contributed by atoms with Crippen LogP contribution in [0.15, 0.2) is 12.3 Å². The van der Waals surface area contributed by atoms with Gasteiger partial charge >= 0.3 is 0 Å². The molecule has 0 saturated heterocycles. The smallest absolute Gasteiger partial charge is 0.180 e. The molecular weight excluding hydrogens is 164 g/mol. The van der Waals surface area contributed by atoms with Crippen molar-refractivity contribution in [1.29, 1.82) is 5.26 Å². The summed E-state index contributed by atoms with van der Waals surface area (Å²) in [5, 5.41) is 8.48. The first-order valence-corrected chi connectivity index (χ1v) is 3.49. The maximum Gasteiger partial charge on any atom is 0.180 e. The predicted octanol–water partition coefficient (Wildman–Crippen LogP) is 1.31. The lowest BCUT2D eigenvalue weighted by Crippen LogP contribution is -2.00. The largest absolute Gasteiger partial charge is 0.353 e. The molecule has 1 aromatic heterocycles. The highest BCUT2D eigenvalue weighted by molar-refractivity contribution is 6.30. The first kappa shape index (κ1) is 7.83. The van der Waals surface area contributed by atoms with Gasteiger partial charge in [0, 0.05) is 6.20 Å². The third-order valence-corrected chi connectivity index (χ3v) is 1.52. The molecule has 1 aromatic rings. The van der Waals surface area contributed by atoms with Crippen LogP contribution in [0.3, 0.4) is 0 Å². The zero-order valence-corrected chi connectivity index (χ0v) is 6.35.